The summed E-state index contributed by atoms with van der Waals surface area (Å²) in [5, 5.41) is 14.9. The van der Waals surface area contributed by atoms with Crippen LogP contribution in [0.2, 0.25) is 0 Å². The fourth-order valence-electron chi connectivity index (χ4n) is 7.45. The van der Waals surface area contributed by atoms with Gasteiger partial charge in [0.1, 0.15) is 11.2 Å². The summed E-state index contributed by atoms with van der Waals surface area (Å²) in [6, 6.07) is 53.1. The molecule has 0 N–H and O–H groups in total. The molecule has 0 unspecified atom stereocenters. The van der Waals surface area contributed by atoms with E-state index in [1.165, 1.54) is 70.6 Å². The molecule has 1 nitrogen and oxygen atoms in total. The second-order valence-electron chi connectivity index (χ2n) is 11.7. The van der Waals surface area contributed by atoms with Gasteiger partial charge in [0.05, 0.1) is 0 Å². The molecule has 1 aromatic heterocycles. The summed E-state index contributed by atoms with van der Waals surface area (Å²) in [7, 11) is 0. The van der Waals surface area contributed by atoms with Crippen LogP contribution in [0.5, 0.6) is 0 Å². The minimum absolute atomic E-state index is 0.914. The Morgan fingerprint density at radius 2 is 0.930 bits per heavy atom. The van der Waals surface area contributed by atoms with E-state index in [-0.39, 0.29) is 0 Å². The van der Waals surface area contributed by atoms with Crippen LogP contribution >= 0.6 is 0 Å². The average molecular weight is 545 g/mol. The van der Waals surface area contributed by atoms with Crippen molar-refractivity contribution in [2.45, 2.75) is 0 Å². The van der Waals surface area contributed by atoms with Crippen molar-refractivity contribution in [1.82, 2.24) is 0 Å². The van der Waals surface area contributed by atoms with Crippen LogP contribution in [0.3, 0.4) is 0 Å². The monoisotopic (exact) mass is 544 g/mol. The van der Waals surface area contributed by atoms with Crippen molar-refractivity contribution in [1.29, 1.82) is 0 Å². The van der Waals surface area contributed by atoms with Crippen LogP contribution < -0.4 is 0 Å². The molecule has 0 spiro atoms. The quantitative estimate of drug-likeness (QED) is 0.197. The van der Waals surface area contributed by atoms with E-state index < -0.39 is 0 Å². The van der Waals surface area contributed by atoms with E-state index in [9.17, 15) is 0 Å². The van der Waals surface area contributed by atoms with E-state index in [4.69, 9.17) is 4.42 Å². The molecular weight excluding hydrogens is 520 g/mol. The second kappa shape index (κ2) is 8.44. The van der Waals surface area contributed by atoms with Gasteiger partial charge in [0.2, 0.25) is 0 Å². The van der Waals surface area contributed by atoms with Crippen LogP contribution in [0, 0.1) is 0 Å². The molecule has 198 valence electrons. The van der Waals surface area contributed by atoms with Crippen molar-refractivity contribution < 1.29 is 4.42 Å². The lowest BCUT2D eigenvalue weighted by atomic mass is 9.87. The van der Waals surface area contributed by atoms with E-state index in [0.717, 1.165) is 27.5 Å². The fraction of sp³-hybridized carbons (Fsp3) is 0. The summed E-state index contributed by atoms with van der Waals surface area (Å²) in [6.45, 7) is 0. The van der Waals surface area contributed by atoms with Gasteiger partial charge >= 0.3 is 0 Å². The lowest BCUT2D eigenvalue weighted by Gasteiger charge is -2.15. The summed E-state index contributed by atoms with van der Waals surface area (Å²) in [5.74, 6) is 0. The molecule has 0 saturated heterocycles. The van der Waals surface area contributed by atoms with Crippen LogP contribution in [0.15, 0.2) is 150 Å². The van der Waals surface area contributed by atoms with Crippen LogP contribution in [0.25, 0.3) is 98.1 Å². The molecule has 0 saturated carbocycles. The lowest BCUT2D eigenvalue weighted by Crippen LogP contribution is -1.89. The Kier molecular flexibility index (Phi) is 4.51. The van der Waals surface area contributed by atoms with Crippen molar-refractivity contribution in [2.75, 3.05) is 0 Å². The number of fused-ring (bicyclic) bond motifs is 6. The molecule has 1 heteroatoms. The van der Waals surface area contributed by atoms with Crippen LogP contribution in [0.1, 0.15) is 0 Å². The summed E-state index contributed by atoms with van der Waals surface area (Å²) in [6.07, 6.45) is 0. The van der Waals surface area contributed by atoms with E-state index in [0.29, 0.717) is 0 Å². The Balaban J connectivity index is 1.36. The first-order valence-electron chi connectivity index (χ1n) is 14.8. The zero-order chi connectivity index (χ0) is 28.1. The predicted molar refractivity (Wildman–Crippen MR) is 183 cm³/mol. The van der Waals surface area contributed by atoms with Gasteiger partial charge in [0.25, 0.3) is 0 Å². The van der Waals surface area contributed by atoms with Crippen molar-refractivity contribution >= 4 is 75.8 Å². The van der Waals surface area contributed by atoms with Crippen LogP contribution in [-0.2, 0) is 0 Å². The van der Waals surface area contributed by atoms with Crippen molar-refractivity contribution in [3.63, 3.8) is 0 Å². The second-order valence-corrected chi connectivity index (χ2v) is 11.7. The molecule has 0 aliphatic rings. The van der Waals surface area contributed by atoms with Gasteiger partial charge in [-0.3, -0.25) is 0 Å². The zero-order valence-electron chi connectivity index (χ0n) is 23.3. The van der Waals surface area contributed by atoms with E-state index in [1.807, 2.05) is 0 Å². The first-order valence-corrected chi connectivity index (χ1v) is 14.8. The maximum absolute atomic E-state index is 6.83. The van der Waals surface area contributed by atoms with Crippen molar-refractivity contribution in [3.8, 4) is 22.3 Å². The minimum atomic E-state index is 0.914. The Labute approximate surface area is 247 Å². The molecule has 0 atom stereocenters. The standard InChI is InChI=1S/C42H24O/c1-3-12-31-25(7-1)9-6-14-34(31)37-23-30(24-38-41(37)36-22-17-26-8-2-4-13-33(26)42(36)43-38)32-20-18-29-16-15-27-10-5-11-28-19-21-35(32)40(29)39(27)28/h1-24H. The number of hydrogen-bond acceptors (Lipinski definition) is 1. The molecule has 0 radical (unpaired) electrons. The highest BCUT2D eigenvalue weighted by molar-refractivity contribution is 6.26. The third-order valence-corrected chi connectivity index (χ3v) is 9.38. The van der Waals surface area contributed by atoms with Crippen molar-refractivity contribution in [3.05, 3.63) is 146 Å². The van der Waals surface area contributed by atoms with Gasteiger partial charge in [-0.1, -0.05) is 127 Å². The third kappa shape index (κ3) is 3.17. The van der Waals surface area contributed by atoms with Gasteiger partial charge in [-0.05, 0) is 88.9 Å². The van der Waals surface area contributed by atoms with Gasteiger partial charge in [0, 0.05) is 16.2 Å². The first kappa shape index (κ1) is 23.0. The highest BCUT2D eigenvalue weighted by Crippen LogP contribution is 2.46. The largest absolute Gasteiger partial charge is 0.455 e. The van der Waals surface area contributed by atoms with E-state index in [2.05, 4.69) is 146 Å². The van der Waals surface area contributed by atoms with E-state index >= 15 is 0 Å². The summed E-state index contributed by atoms with van der Waals surface area (Å²) in [5.41, 5.74) is 6.67. The lowest BCUT2D eigenvalue weighted by molar-refractivity contribution is 0.673. The molecule has 10 aromatic rings. The Bertz CT molecular complexity index is 2700. The number of hydrogen-bond donors (Lipinski definition) is 0. The molecule has 0 bridgehead atoms. The van der Waals surface area contributed by atoms with Gasteiger partial charge in [0.15, 0.2) is 0 Å². The number of furan rings is 1. The smallest absolute Gasteiger partial charge is 0.143 e. The molecule has 0 fully saturated rings. The van der Waals surface area contributed by atoms with Crippen LogP contribution in [0.4, 0.5) is 0 Å². The third-order valence-electron chi connectivity index (χ3n) is 9.38. The minimum Gasteiger partial charge on any atom is -0.455 e. The molecule has 1 heterocycles. The highest BCUT2D eigenvalue weighted by atomic mass is 16.3. The molecule has 10 rings (SSSR count). The predicted octanol–water partition coefficient (Wildman–Crippen LogP) is 12.1. The summed E-state index contributed by atoms with van der Waals surface area (Å²) < 4.78 is 6.83. The topological polar surface area (TPSA) is 13.1 Å². The highest BCUT2D eigenvalue weighted by Gasteiger charge is 2.20. The van der Waals surface area contributed by atoms with Crippen molar-refractivity contribution in [2.24, 2.45) is 0 Å². The fourth-order valence-corrected chi connectivity index (χ4v) is 7.45. The first-order chi connectivity index (χ1) is 21.3. The number of benzene rings is 9. The Morgan fingerprint density at radius 3 is 1.79 bits per heavy atom. The number of rotatable bonds is 2. The Morgan fingerprint density at radius 1 is 0.326 bits per heavy atom. The summed E-state index contributed by atoms with van der Waals surface area (Å²) in [4.78, 5) is 0. The normalized spacial score (nSPS) is 12.2. The van der Waals surface area contributed by atoms with Crippen LogP contribution in [-0.4, -0.2) is 0 Å². The zero-order valence-corrected chi connectivity index (χ0v) is 23.3. The van der Waals surface area contributed by atoms with Gasteiger partial charge in [-0.15, -0.1) is 0 Å². The molecule has 9 aromatic carbocycles. The molecule has 43 heavy (non-hydrogen) atoms. The average Bonchev–Trinajstić information content (AvgIpc) is 3.46. The SMILES string of the molecule is c1ccc2c(-c3cc(-c4ccc5ccc6cccc7ccc4c5c67)cc4oc5c6ccccc6ccc5c34)cccc2c1. The van der Waals surface area contributed by atoms with Gasteiger partial charge in [-0.25, -0.2) is 0 Å². The summed E-state index contributed by atoms with van der Waals surface area (Å²) >= 11 is 0. The molecule has 0 aliphatic carbocycles. The van der Waals surface area contributed by atoms with Gasteiger partial charge < -0.3 is 4.42 Å². The molecule has 0 aliphatic heterocycles. The van der Waals surface area contributed by atoms with Gasteiger partial charge in [-0.2, -0.15) is 0 Å². The maximum Gasteiger partial charge on any atom is 0.143 e. The maximum atomic E-state index is 6.83. The Hall–Kier alpha value is -5.66. The van der Waals surface area contributed by atoms with E-state index in [1.54, 1.807) is 0 Å². The molecular formula is C42H24O. The molecule has 0 amide bonds.